The number of para-hydroxylation sites is 1. The molecule has 0 unspecified atom stereocenters. The Kier molecular flexibility index (Phi) is 6.08. The summed E-state index contributed by atoms with van der Waals surface area (Å²) in [4.78, 5) is 29.2. The van der Waals surface area contributed by atoms with Crippen LogP contribution in [0.25, 0.3) is 11.3 Å². The highest BCUT2D eigenvalue weighted by atomic mass is 35.5. The number of rotatable bonds is 5. The first-order valence-corrected chi connectivity index (χ1v) is 11.5. The zero-order valence-electron chi connectivity index (χ0n) is 18.2. The van der Waals surface area contributed by atoms with Crippen molar-refractivity contribution in [2.45, 2.75) is 19.3 Å². The second kappa shape index (κ2) is 9.32. The number of carbonyl (C=O) groups is 1. The van der Waals surface area contributed by atoms with Gasteiger partial charge in [-0.05, 0) is 49.1 Å². The summed E-state index contributed by atoms with van der Waals surface area (Å²) in [5.74, 6) is 0.938. The van der Waals surface area contributed by atoms with Crippen LogP contribution in [0.5, 0.6) is 0 Å². The summed E-state index contributed by atoms with van der Waals surface area (Å²) >= 11 is 12.7. The summed E-state index contributed by atoms with van der Waals surface area (Å²) in [6.45, 7) is 0. The van der Waals surface area contributed by atoms with E-state index in [1.165, 1.54) is 17.5 Å². The van der Waals surface area contributed by atoms with Gasteiger partial charge in [0.2, 0.25) is 5.95 Å². The van der Waals surface area contributed by atoms with Crippen LogP contribution in [0.3, 0.4) is 0 Å². The average Bonchev–Trinajstić information content (AvgIpc) is 3.24. The molecule has 3 heterocycles. The van der Waals surface area contributed by atoms with Gasteiger partial charge in [0.15, 0.2) is 5.82 Å². The van der Waals surface area contributed by atoms with E-state index in [1.54, 1.807) is 25.2 Å². The molecule has 0 radical (unpaired) electrons. The number of anilines is 4. The Morgan fingerprint density at radius 1 is 1.03 bits per heavy atom. The molecule has 4 aromatic rings. The highest BCUT2D eigenvalue weighted by molar-refractivity contribution is 6.35. The minimum Gasteiger partial charge on any atom is -0.364 e. The highest BCUT2D eigenvalue weighted by Crippen LogP contribution is 2.33. The fourth-order valence-corrected chi connectivity index (χ4v) is 4.36. The van der Waals surface area contributed by atoms with Crippen LogP contribution >= 0.6 is 23.2 Å². The third kappa shape index (κ3) is 4.30. The summed E-state index contributed by atoms with van der Waals surface area (Å²) < 4.78 is 0. The van der Waals surface area contributed by atoms with Gasteiger partial charge >= 0.3 is 0 Å². The lowest BCUT2D eigenvalue weighted by Gasteiger charge is -2.14. The first kappa shape index (κ1) is 22.2. The number of hydrogen-bond donors (Lipinski definition) is 4. The SMILES string of the molecule is CNC(=O)c1cccc(Cl)c1Nc1nc(Nc2ccc3c(n2)-c2cc[nH]c2CCC3)ncc1Cl. The van der Waals surface area contributed by atoms with Crippen LogP contribution in [0.4, 0.5) is 23.3 Å². The number of H-pyrrole nitrogens is 1. The summed E-state index contributed by atoms with van der Waals surface area (Å²) in [6.07, 6.45) is 6.47. The lowest BCUT2D eigenvalue weighted by atomic mass is 10.1. The Labute approximate surface area is 206 Å². The van der Waals surface area contributed by atoms with Crippen molar-refractivity contribution in [3.63, 3.8) is 0 Å². The number of nitrogens with zero attached hydrogens (tertiary/aromatic N) is 3. The van der Waals surface area contributed by atoms with Crippen LogP contribution in [-0.4, -0.2) is 32.9 Å². The first-order valence-electron chi connectivity index (χ1n) is 10.8. The monoisotopic (exact) mass is 493 g/mol. The van der Waals surface area contributed by atoms with Crippen LogP contribution in [0.15, 0.2) is 48.8 Å². The molecule has 1 amide bonds. The largest absolute Gasteiger partial charge is 0.364 e. The van der Waals surface area contributed by atoms with Gasteiger partial charge in [0.1, 0.15) is 10.8 Å². The molecular formula is C24H21Cl2N7O. The fraction of sp³-hybridized carbons (Fsp3) is 0.167. The predicted molar refractivity (Wildman–Crippen MR) is 134 cm³/mol. The number of amides is 1. The molecular weight excluding hydrogens is 473 g/mol. The molecule has 10 heteroatoms. The summed E-state index contributed by atoms with van der Waals surface area (Å²) in [7, 11) is 1.55. The number of hydrogen-bond acceptors (Lipinski definition) is 6. The summed E-state index contributed by atoms with van der Waals surface area (Å²) in [5.41, 5.74) is 5.26. The van der Waals surface area contributed by atoms with E-state index < -0.39 is 0 Å². The second-order valence-corrected chi connectivity index (χ2v) is 8.62. The standard InChI is InChI=1S/C24H21Cl2N7O/c1-27-23(34)15-5-3-6-16(25)21(15)32-22-17(26)12-29-24(33-22)31-19-9-8-13-4-2-7-18-14(10-11-28-18)20(13)30-19/h3,5-6,8-12,28H,2,4,7H2,1H3,(H,27,34)(H2,29,30,31,32,33). The Bertz CT molecular complexity index is 1390. The molecule has 3 aromatic heterocycles. The van der Waals surface area contributed by atoms with E-state index in [4.69, 9.17) is 28.2 Å². The van der Waals surface area contributed by atoms with E-state index in [2.05, 4.69) is 43.0 Å². The molecule has 0 spiro atoms. The Hall–Kier alpha value is -3.62. The third-order valence-corrected chi connectivity index (χ3v) is 6.24. The van der Waals surface area contributed by atoms with Crippen molar-refractivity contribution in [3.8, 4) is 11.3 Å². The lowest BCUT2D eigenvalue weighted by Crippen LogP contribution is -2.19. The summed E-state index contributed by atoms with van der Waals surface area (Å²) in [5, 5.41) is 9.48. The average molecular weight is 494 g/mol. The van der Waals surface area contributed by atoms with Crippen molar-refractivity contribution < 1.29 is 4.79 Å². The normalized spacial score (nSPS) is 12.3. The molecule has 0 saturated carbocycles. The van der Waals surface area contributed by atoms with Gasteiger partial charge in [0, 0.05) is 24.5 Å². The smallest absolute Gasteiger partial charge is 0.253 e. The molecule has 0 aliphatic heterocycles. The fourth-order valence-electron chi connectivity index (χ4n) is 4.00. The van der Waals surface area contributed by atoms with Gasteiger partial charge < -0.3 is 20.9 Å². The minimum atomic E-state index is -0.285. The number of fused-ring (bicyclic) bond motifs is 3. The van der Waals surface area contributed by atoms with E-state index in [1.807, 2.05) is 12.3 Å². The second-order valence-electron chi connectivity index (χ2n) is 7.81. The van der Waals surface area contributed by atoms with Crippen molar-refractivity contribution in [3.05, 3.63) is 75.7 Å². The van der Waals surface area contributed by atoms with Crippen LogP contribution in [0.2, 0.25) is 10.0 Å². The number of aromatic amines is 1. The molecule has 1 aliphatic carbocycles. The number of nitrogens with one attached hydrogen (secondary N) is 4. The maximum absolute atomic E-state index is 12.3. The Morgan fingerprint density at radius 2 is 1.91 bits per heavy atom. The number of pyridine rings is 1. The molecule has 5 rings (SSSR count). The van der Waals surface area contributed by atoms with Crippen molar-refractivity contribution in [1.82, 2.24) is 25.3 Å². The van der Waals surface area contributed by atoms with E-state index >= 15 is 0 Å². The number of aryl methyl sites for hydroxylation is 2. The van der Waals surface area contributed by atoms with Crippen LogP contribution in [0.1, 0.15) is 28.0 Å². The molecule has 34 heavy (non-hydrogen) atoms. The molecule has 1 aliphatic rings. The van der Waals surface area contributed by atoms with E-state index in [0.29, 0.717) is 33.9 Å². The molecule has 0 atom stereocenters. The predicted octanol–water partition coefficient (Wildman–Crippen LogP) is 5.51. The molecule has 8 nitrogen and oxygen atoms in total. The lowest BCUT2D eigenvalue weighted by molar-refractivity contribution is 0.0964. The van der Waals surface area contributed by atoms with E-state index in [-0.39, 0.29) is 10.9 Å². The van der Waals surface area contributed by atoms with Gasteiger partial charge in [-0.25, -0.2) is 9.97 Å². The minimum absolute atomic E-state index is 0.278. The Balaban J connectivity index is 1.45. The van der Waals surface area contributed by atoms with Gasteiger partial charge in [-0.2, -0.15) is 4.98 Å². The van der Waals surface area contributed by atoms with Crippen molar-refractivity contribution >= 4 is 52.4 Å². The summed E-state index contributed by atoms with van der Waals surface area (Å²) in [6, 6.07) is 11.1. The third-order valence-electron chi connectivity index (χ3n) is 5.65. The molecule has 0 bridgehead atoms. The van der Waals surface area contributed by atoms with Gasteiger partial charge in [-0.3, -0.25) is 4.79 Å². The van der Waals surface area contributed by atoms with Crippen LogP contribution in [0, 0.1) is 0 Å². The van der Waals surface area contributed by atoms with Gasteiger partial charge in [0.05, 0.1) is 28.2 Å². The Morgan fingerprint density at radius 3 is 2.76 bits per heavy atom. The van der Waals surface area contributed by atoms with Crippen molar-refractivity contribution in [2.75, 3.05) is 17.7 Å². The van der Waals surface area contributed by atoms with Gasteiger partial charge in [-0.15, -0.1) is 0 Å². The molecule has 0 fully saturated rings. The zero-order chi connectivity index (χ0) is 23.7. The highest BCUT2D eigenvalue weighted by Gasteiger charge is 2.18. The number of benzene rings is 1. The van der Waals surface area contributed by atoms with Crippen molar-refractivity contribution in [2.24, 2.45) is 0 Å². The van der Waals surface area contributed by atoms with Crippen molar-refractivity contribution in [1.29, 1.82) is 0 Å². The topological polar surface area (TPSA) is 108 Å². The first-order chi connectivity index (χ1) is 16.5. The molecule has 1 aromatic carbocycles. The number of halogens is 2. The van der Waals surface area contributed by atoms with Gasteiger partial charge in [0.25, 0.3) is 5.91 Å². The maximum Gasteiger partial charge on any atom is 0.253 e. The molecule has 172 valence electrons. The zero-order valence-corrected chi connectivity index (χ0v) is 19.8. The van der Waals surface area contributed by atoms with Crippen LogP contribution in [-0.2, 0) is 12.8 Å². The van der Waals surface area contributed by atoms with Crippen LogP contribution < -0.4 is 16.0 Å². The van der Waals surface area contributed by atoms with Gasteiger partial charge in [-0.1, -0.05) is 35.3 Å². The number of carbonyl (C=O) groups excluding carboxylic acids is 1. The molecule has 4 N–H and O–H groups in total. The van der Waals surface area contributed by atoms with E-state index in [0.717, 1.165) is 30.5 Å². The number of aromatic nitrogens is 4. The van der Waals surface area contributed by atoms with E-state index in [9.17, 15) is 4.79 Å². The quantitative estimate of drug-likeness (QED) is 0.292. The maximum atomic E-state index is 12.3. The molecule has 0 saturated heterocycles.